The van der Waals surface area contributed by atoms with Crippen LogP contribution in [0.3, 0.4) is 0 Å². The fourth-order valence-corrected chi connectivity index (χ4v) is 2.95. The molecule has 0 amide bonds. The molecule has 0 radical (unpaired) electrons. The molecule has 164 valence electrons. The predicted octanol–water partition coefficient (Wildman–Crippen LogP) is 6.77. The summed E-state index contributed by atoms with van der Waals surface area (Å²) in [4.78, 5) is 23.4. The first-order valence-corrected chi connectivity index (χ1v) is 11.4. The van der Waals surface area contributed by atoms with E-state index in [1.54, 1.807) is 0 Å². The van der Waals surface area contributed by atoms with Gasteiger partial charge in [0, 0.05) is 0 Å². The Hall–Kier alpha value is -1.32. The minimum Gasteiger partial charge on any atom is -0.466 e. The zero-order valence-electron chi connectivity index (χ0n) is 18.9. The minimum atomic E-state index is -0.305. The highest BCUT2D eigenvalue weighted by molar-refractivity contribution is 5.77. The highest BCUT2D eigenvalue weighted by atomic mass is 16.5. The number of hydrogen-bond donors (Lipinski definition) is 0. The third kappa shape index (κ3) is 19.4. The van der Waals surface area contributed by atoms with E-state index >= 15 is 0 Å². The average molecular weight is 397 g/mol. The molecule has 0 saturated heterocycles. The normalized spacial score (nSPS) is 11.7. The van der Waals surface area contributed by atoms with E-state index < -0.39 is 0 Å². The summed E-state index contributed by atoms with van der Waals surface area (Å²) in [6.45, 7) is 9.51. The van der Waals surface area contributed by atoms with Gasteiger partial charge in [0.15, 0.2) is 0 Å². The molecular weight excluding hydrogens is 352 g/mol. The standard InChI is InChI=1S/C24H44O4/c1-5-6-7-8-9-10-11-12-19-27-23(25)16-17-24(26)28-20-18-22(4)15-13-14-21(2)3/h14,22H,5-13,15-20H2,1-4H3. The molecule has 1 atom stereocenters. The van der Waals surface area contributed by atoms with E-state index in [1.165, 1.54) is 44.1 Å². The summed E-state index contributed by atoms with van der Waals surface area (Å²) in [5, 5.41) is 0. The molecule has 1 unspecified atom stereocenters. The van der Waals surface area contributed by atoms with E-state index in [-0.39, 0.29) is 24.8 Å². The Balaban J connectivity index is 3.50. The van der Waals surface area contributed by atoms with Gasteiger partial charge in [-0.1, -0.05) is 70.4 Å². The van der Waals surface area contributed by atoms with E-state index in [9.17, 15) is 9.59 Å². The number of ether oxygens (including phenoxy) is 2. The van der Waals surface area contributed by atoms with E-state index in [1.807, 2.05) is 0 Å². The van der Waals surface area contributed by atoms with Crippen LogP contribution in [0, 0.1) is 5.92 Å². The quantitative estimate of drug-likeness (QED) is 0.146. The Bertz CT molecular complexity index is 424. The Morgan fingerprint density at radius 1 is 0.786 bits per heavy atom. The molecule has 0 N–H and O–H groups in total. The number of carbonyl (C=O) groups excluding carboxylic acids is 2. The molecule has 0 bridgehead atoms. The lowest BCUT2D eigenvalue weighted by atomic mass is 10.0. The molecule has 4 heteroatoms. The van der Waals surface area contributed by atoms with Crippen LogP contribution in [0.1, 0.15) is 111 Å². The second kappa shape index (κ2) is 19.0. The number of unbranched alkanes of at least 4 members (excludes halogenated alkanes) is 7. The minimum absolute atomic E-state index is 0.114. The highest BCUT2D eigenvalue weighted by Gasteiger charge is 2.10. The number of hydrogen-bond acceptors (Lipinski definition) is 4. The van der Waals surface area contributed by atoms with Gasteiger partial charge in [-0.05, 0) is 45.4 Å². The molecule has 0 aromatic carbocycles. The fraction of sp³-hybridized carbons (Fsp3) is 0.833. The Morgan fingerprint density at radius 2 is 1.32 bits per heavy atom. The molecule has 0 aromatic rings. The summed E-state index contributed by atoms with van der Waals surface area (Å²) in [6, 6.07) is 0. The molecular formula is C24H44O4. The first-order chi connectivity index (χ1) is 13.5. The van der Waals surface area contributed by atoms with Gasteiger partial charge < -0.3 is 9.47 Å². The summed E-state index contributed by atoms with van der Waals surface area (Å²) in [7, 11) is 0. The molecule has 0 aliphatic carbocycles. The SMILES string of the molecule is CCCCCCCCCCOC(=O)CCC(=O)OCCC(C)CCC=C(C)C. The summed E-state index contributed by atoms with van der Waals surface area (Å²) >= 11 is 0. The maximum atomic E-state index is 11.7. The molecule has 0 spiro atoms. The van der Waals surface area contributed by atoms with E-state index in [2.05, 4.69) is 33.8 Å². The molecule has 28 heavy (non-hydrogen) atoms. The first-order valence-electron chi connectivity index (χ1n) is 11.4. The first kappa shape index (κ1) is 26.7. The van der Waals surface area contributed by atoms with Crippen LogP contribution in [0.25, 0.3) is 0 Å². The van der Waals surface area contributed by atoms with Crippen molar-refractivity contribution < 1.29 is 19.1 Å². The smallest absolute Gasteiger partial charge is 0.306 e. The third-order valence-corrected chi connectivity index (χ3v) is 4.88. The molecule has 0 saturated carbocycles. The second-order valence-corrected chi connectivity index (χ2v) is 8.17. The van der Waals surface area contributed by atoms with E-state index in [0.717, 1.165) is 32.1 Å². The number of rotatable bonds is 18. The van der Waals surface area contributed by atoms with Gasteiger partial charge in [-0.3, -0.25) is 9.59 Å². The van der Waals surface area contributed by atoms with E-state index in [0.29, 0.717) is 19.1 Å². The summed E-state index contributed by atoms with van der Waals surface area (Å²) < 4.78 is 10.4. The Kier molecular flexibility index (Phi) is 18.1. The van der Waals surface area contributed by atoms with Crippen molar-refractivity contribution in [3.63, 3.8) is 0 Å². The van der Waals surface area contributed by atoms with Gasteiger partial charge in [0.2, 0.25) is 0 Å². The number of carbonyl (C=O) groups is 2. The lowest BCUT2D eigenvalue weighted by Crippen LogP contribution is -2.12. The van der Waals surface area contributed by atoms with Crippen molar-refractivity contribution in [2.75, 3.05) is 13.2 Å². The van der Waals surface area contributed by atoms with Gasteiger partial charge in [-0.25, -0.2) is 0 Å². The molecule has 4 nitrogen and oxygen atoms in total. The van der Waals surface area contributed by atoms with Crippen LogP contribution < -0.4 is 0 Å². The van der Waals surface area contributed by atoms with Gasteiger partial charge >= 0.3 is 11.9 Å². The molecule has 0 fully saturated rings. The third-order valence-electron chi connectivity index (χ3n) is 4.88. The van der Waals surface area contributed by atoms with Crippen molar-refractivity contribution >= 4 is 11.9 Å². The van der Waals surface area contributed by atoms with Crippen LogP contribution in [0.4, 0.5) is 0 Å². The topological polar surface area (TPSA) is 52.6 Å². The summed E-state index contributed by atoms with van der Waals surface area (Å²) in [5.41, 5.74) is 1.34. The summed E-state index contributed by atoms with van der Waals surface area (Å²) in [6.07, 6.45) is 15.3. The summed E-state index contributed by atoms with van der Waals surface area (Å²) in [5.74, 6) is -0.0736. The van der Waals surface area contributed by atoms with Crippen molar-refractivity contribution in [2.45, 2.75) is 111 Å². The van der Waals surface area contributed by atoms with Crippen LogP contribution in [-0.4, -0.2) is 25.2 Å². The lowest BCUT2D eigenvalue weighted by molar-refractivity contribution is -0.150. The van der Waals surface area contributed by atoms with Gasteiger partial charge in [0.1, 0.15) is 0 Å². The maximum absolute atomic E-state index is 11.7. The maximum Gasteiger partial charge on any atom is 0.306 e. The average Bonchev–Trinajstić information content (AvgIpc) is 2.64. The predicted molar refractivity (Wildman–Crippen MR) is 116 cm³/mol. The highest BCUT2D eigenvalue weighted by Crippen LogP contribution is 2.12. The van der Waals surface area contributed by atoms with Crippen LogP contribution in [0.2, 0.25) is 0 Å². The lowest BCUT2D eigenvalue weighted by Gasteiger charge is -2.10. The van der Waals surface area contributed by atoms with Crippen molar-refractivity contribution in [1.29, 1.82) is 0 Å². The second-order valence-electron chi connectivity index (χ2n) is 8.17. The van der Waals surface area contributed by atoms with Crippen LogP contribution in [0.5, 0.6) is 0 Å². The Morgan fingerprint density at radius 3 is 1.89 bits per heavy atom. The van der Waals surface area contributed by atoms with E-state index in [4.69, 9.17) is 9.47 Å². The zero-order chi connectivity index (χ0) is 21.0. The van der Waals surface area contributed by atoms with Crippen molar-refractivity contribution in [3.05, 3.63) is 11.6 Å². The van der Waals surface area contributed by atoms with Crippen LogP contribution >= 0.6 is 0 Å². The molecule has 0 aliphatic rings. The number of esters is 2. The number of allylic oxidation sites excluding steroid dienone is 2. The largest absolute Gasteiger partial charge is 0.466 e. The zero-order valence-corrected chi connectivity index (χ0v) is 18.9. The molecule has 0 aliphatic heterocycles. The van der Waals surface area contributed by atoms with Crippen molar-refractivity contribution in [1.82, 2.24) is 0 Å². The molecule has 0 rings (SSSR count). The van der Waals surface area contributed by atoms with Crippen LogP contribution in [-0.2, 0) is 19.1 Å². The fourth-order valence-electron chi connectivity index (χ4n) is 2.95. The van der Waals surface area contributed by atoms with Crippen LogP contribution in [0.15, 0.2) is 11.6 Å². The van der Waals surface area contributed by atoms with Gasteiger partial charge in [0.25, 0.3) is 0 Å². The monoisotopic (exact) mass is 396 g/mol. The van der Waals surface area contributed by atoms with Gasteiger partial charge in [0.05, 0.1) is 26.1 Å². The Labute approximate surface area is 173 Å². The molecule has 0 aromatic heterocycles. The van der Waals surface area contributed by atoms with Gasteiger partial charge in [-0.2, -0.15) is 0 Å². The van der Waals surface area contributed by atoms with Crippen molar-refractivity contribution in [3.8, 4) is 0 Å². The molecule has 0 heterocycles. The van der Waals surface area contributed by atoms with Gasteiger partial charge in [-0.15, -0.1) is 0 Å². The van der Waals surface area contributed by atoms with Crippen molar-refractivity contribution in [2.24, 2.45) is 5.92 Å².